The van der Waals surface area contributed by atoms with Crippen LogP contribution in [0, 0.1) is 0 Å². The van der Waals surface area contributed by atoms with Crippen LogP contribution in [0.5, 0.6) is 0 Å². The highest BCUT2D eigenvalue weighted by atomic mass is 33.9. The summed E-state index contributed by atoms with van der Waals surface area (Å²) in [6.07, 6.45) is 0. The molecule has 0 amide bonds. The second-order valence-corrected chi connectivity index (χ2v) is 22.7. The molecule has 1 aliphatic heterocycles. The van der Waals surface area contributed by atoms with Crippen LogP contribution in [0.15, 0.2) is 0 Å². The molecule has 1 heterocycles. The average molecular weight is 311 g/mol. The molecule has 2 radical (unpaired) electrons. The molecular weight excluding hydrogens is 296 g/mol. The van der Waals surface area contributed by atoms with Crippen LogP contribution in [-0.4, -0.2) is 34.9 Å². The largest absolute Gasteiger partial charge is 0.312 e. The van der Waals surface area contributed by atoms with Crippen molar-refractivity contribution in [1.29, 1.82) is 0 Å². The summed E-state index contributed by atoms with van der Waals surface area (Å²) < 4.78 is 17.4. The molecule has 1 saturated heterocycles. The zero-order chi connectivity index (χ0) is 10.8. The zero-order valence-corrected chi connectivity index (χ0v) is 13.6. The summed E-state index contributed by atoms with van der Waals surface area (Å²) in [5.41, 5.74) is 0. The van der Waals surface area contributed by atoms with E-state index >= 15 is 0 Å². The van der Waals surface area contributed by atoms with Crippen LogP contribution in [0.4, 0.5) is 0 Å². The predicted octanol–water partition coefficient (Wildman–Crippen LogP) is 3.71. The first-order chi connectivity index (χ1) is 6.56. The van der Waals surface area contributed by atoms with E-state index in [0.717, 1.165) is 5.75 Å². The van der Waals surface area contributed by atoms with Crippen LogP contribution in [0.1, 0.15) is 6.92 Å². The van der Waals surface area contributed by atoms with Gasteiger partial charge in [0.2, 0.25) is 0 Å². The summed E-state index contributed by atoms with van der Waals surface area (Å²) >= 11 is 0. The molecule has 3 nitrogen and oxygen atoms in total. The quantitative estimate of drug-likeness (QED) is 0.577. The molecule has 0 atom stereocenters. The van der Waals surface area contributed by atoms with Crippen molar-refractivity contribution in [3.8, 4) is 0 Å². The second kappa shape index (κ2) is 4.26. The van der Waals surface area contributed by atoms with Gasteiger partial charge in [-0.3, -0.25) is 0 Å². The van der Waals surface area contributed by atoms with Gasteiger partial charge in [-0.15, -0.1) is 0 Å². The molecule has 0 unspecified atom stereocenters. The molecule has 0 bridgehead atoms. The Bertz CT molecular complexity index is 194. The van der Waals surface area contributed by atoms with Gasteiger partial charge in [-0.2, -0.15) is 0 Å². The van der Waals surface area contributed by atoms with E-state index in [9.17, 15) is 0 Å². The third kappa shape index (κ3) is 1.78. The third-order valence-electron chi connectivity index (χ3n) is 2.32. The molecule has 1 fully saturated rings. The van der Waals surface area contributed by atoms with E-state index in [1.807, 2.05) is 0 Å². The Morgan fingerprint density at radius 3 is 1.86 bits per heavy atom. The van der Waals surface area contributed by atoms with Crippen molar-refractivity contribution >= 4 is 55.2 Å². The van der Waals surface area contributed by atoms with Crippen molar-refractivity contribution in [3.63, 3.8) is 0 Å². The van der Waals surface area contributed by atoms with Crippen LogP contribution in [0.2, 0.25) is 0 Å². The molecule has 0 N–H and O–H groups in total. The van der Waals surface area contributed by atoms with Gasteiger partial charge in [0.1, 0.15) is 0 Å². The highest BCUT2D eigenvalue weighted by Gasteiger charge is 2.64. The monoisotopic (exact) mass is 310 g/mol. The summed E-state index contributed by atoms with van der Waals surface area (Å²) in [6, 6.07) is 0. The van der Waals surface area contributed by atoms with Gasteiger partial charge in [-0.1, -0.05) is 17.2 Å². The van der Waals surface area contributed by atoms with Crippen molar-refractivity contribution in [2.45, 2.75) is 6.92 Å². The Kier molecular flexibility index (Phi) is 4.23. The van der Waals surface area contributed by atoms with E-state index in [1.165, 1.54) is 0 Å². The molecule has 0 aliphatic carbocycles. The fourth-order valence-electron chi connectivity index (χ4n) is 1.05. The number of rotatable bonds is 4. The smallest absolute Gasteiger partial charge is 0.278 e. The summed E-state index contributed by atoms with van der Waals surface area (Å²) in [5.74, 6) is 0.757. The SMILES string of the molecule is CCS1(OC)(OC)(OC)[Si]SSSS1. The van der Waals surface area contributed by atoms with E-state index < -0.39 is 7.62 Å². The van der Waals surface area contributed by atoms with Gasteiger partial charge < -0.3 is 12.5 Å². The lowest BCUT2D eigenvalue weighted by Gasteiger charge is -2.73. The lowest BCUT2D eigenvalue weighted by molar-refractivity contribution is 0.232. The summed E-state index contributed by atoms with van der Waals surface area (Å²) in [6.45, 7) is 2.06. The van der Waals surface area contributed by atoms with E-state index in [4.69, 9.17) is 12.5 Å². The summed E-state index contributed by atoms with van der Waals surface area (Å²) in [7, 11) is 9.13. The molecule has 9 heteroatoms. The molecule has 0 aromatic rings. The molecule has 0 aromatic carbocycles. The lowest BCUT2D eigenvalue weighted by Crippen LogP contribution is -2.43. The highest BCUT2D eigenvalue weighted by molar-refractivity contribution is 9.54. The minimum Gasteiger partial charge on any atom is -0.312 e. The Hall–Kier alpha value is 1.85. The third-order valence-corrected chi connectivity index (χ3v) is 33.2. The van der Waals surface area contributed by atoms with Crippen molar-refractivity contribution < 1.29 is 12.5 Å². The fourth-order valence-corrected chi connectivity index (χ4v) is 38.9. The summed E-state index contributed by atoms with van der Waals surface area (Å²) in [5, 5.41) is 0. The highest BCUT2D eigenvalue weighted by Crippen LogP contribution is 3.02. The van der Waals surface area contributed by atoms with Crippen LogP contribution in [0.3, 0.4) is 0 Å². The van der Waals surface area contributed by atoms with Crippen molar-refractivity contribution in [2.24, 2.45) is 0 Å². The van der Waals surface area contributed by atoms with Gasteiger partial charge in [0.25, 0.3) is 7.82 Å². The van der Waals surface area contributed by atoms with Gasteiger partial charge in [0.05, 0.1) is 21.3 Å². The fraction of sp³-hybridized carbons (Fsp3) is 1.00. The van der Waals surface area contributed by atoms with E-state index in [2.05, 4.69) is 6.92 Å². The summed E-state index contributed by atoms with van der Waals surface area (Å²) in [4.78, 5) is 0. The second-order valence-electron chi connectivity index (χ2n) is 2.52. The first kappa shape index (κ1) is 13.9. The van der Waals surface area contributed by atoms with Gasteiger partial charge in [-0.05, 0) is 17.4 Å². The average Bonchev–Trinajstić information content (AvgIpc) is 2.31. The van der Waals surface area contributed by atoms with Crippen LogP contribution < -0.4 is 0 Å². The van der Waals surface area contributed by atoms with Crippen molar-refractivity contribution in [2.75, 3.05) is 27.1 Å². The molecule has 1 rings (SSSR count). The van der Waals surface area contributed by atoms with E-state index in [1.54, 1.807) is 61.1 Å². The zero-order valence-electron chi connectivity index (χ0n) is 8.47. The molecule has 1 aliphatic rings. The minimum absolute atomic E-state index is 0.477. The maximum Gasteiger partial charge on any atom is 0.278 e. The van der Waals surface area contributed by atoms with Crippen LogP contribution in [0.25, 0.3) is 0 Å². The van der Waals surface area contributed by atoms with Crippen LogP contribution in [-0.2, 0) is 12.5 Å². The molecule has 86 valence electrons. The van der Waals surface area contributed by atoms with E-state index in [-0.39, 0.29) is 0 Å². The van der Waals surface area contributed by atoms with Gasteiger partial charge in [0.15, 0.2) is 0 Å². The lowest BCUT2D eigenvalue weighted by atomic mass is 11.0. The Labute approximate surface area is 101 Å². The Morgan fingerprint density at radius 2 is 1.64 bits per heavy atom. The standard InChI is InChI=1S/C5H14O3S5Si/c1-5-13(6-2,7-3,8-4)11-9-10-12-14-13/h5H2,1-4H3. The Balaban J connectivity index is 3.20. The molecule has 0 aromatic heterocycles. The molecule has 0 saturated carbocycles. The van der Waals surface area contributed by atoms with Crippen molar-refractivity contribution in [3.05, 3.63) is 0 Å². The Morgan fingerprint density at radius 1 is 1.07 bits per heavy atom. The topological polar surface area (TPSA) is 27.7 Å². The first-order valence-corrected chi connectivity index (χ1v) is 14.0. The minimum atomic E-state index is -3.24. The predicted molar refractivity (Wildman–Crippen MR) is 75.3 cm³/mol. The normalized spacial score (nSPS) is 33.4. The molecular formula is C5H14O3S5Si. The maximum atomic E-state index is 5.80. The first-order valence-electron chi connectivity index (χ1n) is 3.80. The molecule has 0 spiro atoms. The number of hydrogen-bond donors (Lipinski definition) is 0. The molecule has 14 heavy (non-hydrogen) atoms. The van der Waals surface area contributed by atoms with Gasteiger partial charge >= 0.3 is 0 Å². The van der Waals surface area contributed by atoms with E-state index in [0.29, 0.717) is 7.82 Å². The number of hydrogen-bond acceptors (Lipinski definition) is 7. The maximum absolute atomic E-state index is 5.80. The van der Waals surface area contributed by atoms with Gasteiger partial charge in [-0.25, -0.2) is 0 Å². The van der Waals surface area contributed by atoms with Gasteiger partial charge in [0, 0.05) is 25.4 Å². The van der Waals surface area contributed by atoms with Crippen LogP contribution >= 0.6 is 47.3 Å². The van der Waals surface area contributed by atoms with Crippen molar-refractivity contribution in [1.82, 2.24) is 0 Å².